The van der Waals surface area contributed by atoms with Crippen LogP contribution in [0.25, 0.3) is 0 Å². The van der Waals surface area contributed by atoms with Gasteiger partial charge in [-0.15, -0.1) is 12.4 Å². The van der Waals surface area contributed by atoms with Gasteiger partial charge in [0.25, 0.3) is 0 Å². The molecule has 118 valence electrons. The van der Waals surface area contributed by atoms with E-state index in [-0.39, 0.29) is 36.3 Å². The van der Waals surface area contributed by atoms with E-state index in [0.29, 0.717) is 6.04 Å². The van der Waals surface area contributed by atoms with Crippen molar-refractivity contribution in [1.29, 1.82) is 0 Å². The Hall–Kier alpha value is -0.320. The fourth-order valence-electron chi connectivity index (χ4n) is 3.67. The van der Waals surface area contributed by atoms with Crippen molar-refractivity contribution in [3.8, 4) is 0 Å². The van der Waals surface area contributed by atoms with Crippen molar-refractivity contribution in [1.82, 2.24) is 10.6 Å². The van der Waals surface area contributed by atoms with E-state index in [9.17, 15) is 9.90 Å². The van der Waals surface area contributed by atoms with Crippen LogP contribution in [0.4, 0.5) is 0 Å². The molecule has 0 aromatic carbocycles. The fraction of sp³-hybridized carbons (Fsp3) is 0.933. The zero-order valence-electron chi connectivity index (χ0n) is 12.5. The van der Waals surface area contributed by atoms with Gasteiger partial charge in [0.2, 0.25) is 5.91 Å². The molecular weight excluding hydrogens is 276 g/mol. The average molecular weight is 305 g/mol. The van der Waals surface area contributed by atoms with E-state index >= 15 is 0 Å². The third-order valence-electron chi connectivity index (χ3n) is 4.94. The van der Waals surface area contributed by atoms with Gasteiger partial charge in [-0.2, -0.15) is 0 Å². The number of amides is 1. The lowest BCUT2D eigenvalue weighted by atomic mass is 9.82. The Morgan fingerprint density at radius 2 is 2.10 bits per heavy atom. The molecule has 0 aromatic heterocycles. The molecule has 1 amide bonds. The summed E-state index contributed by atoms with van der Waals surface area (Å²) in [5, 5.41) is 15.8. The van der Waals surface area contributed by atoms with Crippen LogP contribution in [0.3, 0.4) is 0 Å². The van der Waals surface area contributed by atoms with Gasteiger partial charge in [0.1, 0.15) is 0 Å². The van der Waals surface area contributed by atoms with E-state index in [0.717, 1.165) is 45.2 Å². The van der Waals surface area contributed by atoms with Crippen molar-refractivity contribution in [3.63, 3.8) is 0 Å². The molecule has 5 heteroatoms. The summed E-state index contributed by atoms with van der Waals surface area (Å²) < 4.78 is 0. The van der Waals surface area contributed by atoms with Crippen LogP contribution in [0, 0.1) is 11.3 Å². The number of rotatable bonds is 5. The van der Waals surface area contributed by atoms with Crippen LogP contribution in [0.5, 0.6) is 0 Å². The first-order valence-corrected chi connectivity index (χ1v) is 7.77. The van der Waals surface area contributed by atoms with E-state index in [2.05, 4.69) is 17.6 Å². The van der Waals surface area contributed by atoms with Crippen molar-refractivity contribution in [2.24, 2.45) is 11.3 Å². The second-order valence-corrected chi connectivity index (χ2v) is 6.47. The highest BCUT2D eigenvalue weighted by Gasteiger charge is 2.34. The summed E-state index contributed by atoms with van der Waals surface area (Å²) >= 11 is 0. The minimum atomic E-state index is 0. The molecule has 1 saturated carbocycles. The van der Waals surface area contributed by atoms with Crippen LogP contribution in [0.2, 0.25) is 0 Å². The predicted octanol–water partition coefficient (Wildman–Crippen LogP) is 1.86. The molecule has 1 aliphatic heterocycles. The maximum absolute atomic E-state index is 12.2. The standard InChI is InChI=1S/C15H28N2O2.ClH/c1-12-10-13(4-8-16-12)14(19)17-11-15(7-9-18)5-2-3-6-15;/h12-13,16,18H,2-11H2,1H3,(H,17,19);1H/t12-,13-;/m0./s1. The van der Waals surface area contributed by atoms with Gasteiger partial charge in [0.05, 0.1) is 0 Å². The Labute approximate surface area is 128 Å². The number of nitrogens with one attached hydrogen (secondary N) is 2. The maximum Gasteiger partial charge on any atom is 0.223 e. The number of halogens is 1. The molecule has 0 radical (unpaired) electrons. The normalized spacial score (nSPS) is 28.7. The molecule has 0 spiro atoms. The lowest BCUT2D eigenvalue weighted by Gasteiger charge is -2.31. The largest absolute Gasteiger partial charge is 0.396 e. The minimum absolute atomic E-state index is 0. The molecule has 2 atom stereocenters. The number of aliphatic hydroxyl groups is 1. The first-order valence-electron chi connectivity index (χ1n) is 7.77. The predicted molar refractivity (Wildman–Crippen MR) is 83.1 cm³/mol. The van der Waals surface area contributed by atoms with Gasteiger partial charge in [-0.25, -0.2) is 0 Å². The van der Waals surface area contributed by atoms with Crippen LogP contribution < -0.4 is 10.6 Å². The SMILES string of the molecule is C[C@H]1C[C@@H](C(=O)NCC2(CCO)CCCC2)CCN1.Cl. The van der Waals surface area contributed by atoms with Crippen molar-refractivity contribution < 1.29 is 9.90 Å². The van der Waals surface area contributed by atoms with Gasteiger partial charge in [-0.05, 0) is 51.0 Å². The quantitative estimate of drug-likeness (QED) is 0.726. The molecule has 3 N–H and O–H groups in total. The van der Waals surface area contributed by atoms with E-state index in [1.54, 1.807) is 0 Å². The highest BCUT2D eigenvalue weighted by molar-refractivity contribution is 5.85. The molecule has 2 fully saturated rings. The van der Waals surface area contributed by atoms with Gasteiger partial charge in [0.15, 0.2) is 0 Å². The van der Waals surface area contributed by atoms with Gasteiger partial charge in [-0.1, -0.05) is 12.8 Å². The lowest BCUT2D eigenvalue weighted by molar-refractivity contribution is -0.126. The Morgan fingerprint density at radius 3 is 2.70 bits per heavy atom. The monoisotopic (exact) mass is 304 g/mol. The summed E-state index contributed by atoms with van der Waals surface area (Å²) in [6.45, 7) is 4.08. The number of aliphatic hydroxyl groups excluding tert-OH is 1. The minimum Gasteiger partial charge on any atom is -0.396 e. The molecule has 0 unspecified atom stereocenters. The fourth-order valence-corrected chi connectivity index (χ4v) is 3.67. The molecule has 2 rings (SSSR count). The zero-order valence-corrected chi connectivity index (χ0v) is 13.3. The molecule has 2 aliphatic rings. The maximum atomic E-state index is 12.2. The van der Waals surface area contributed by atoms with Crippen molar-refractivity contribution in [3.05, 3.63) is 0 Å². The van der Waals surface area contributed by atoms with Crippen molar-refractivity contribution in [2.75, 3.05) is 19.7 Å². The summed E-state index contributed by atoms with van der Waals surface area (Å²) in [7, 11) is 0. The van der Waals surface area contributed by atoms with Crippen LogP contribution >= 0.6 is 12.4 Å². The van der Waals surface area contributed by atoms with E-state index in [1.807, 2.05) is 0 Å². The molecule has 0 aromatic rings. The van der Waals surface area contributed by atoms with Gasteiger partial charge in [0, 0.05) is 25.1 Å². The number of piperidine rings is 1. The first-order chi connectivity index (χ1) is 9.15. The van der Waals surface area contributed by atoms with E-state index < -0.39 is 0 Å². The molecular formula is C15H29ClN2O2. The third-order valence-corrected chi connectivity index (χ3v) is 4.94. The molecule has 1 heterocycles. The van der Waals surface area contributed by atoms with Gasteiger partial charge in [-0.3, -0.25) is 4.79 Å². The van der Waals surface area contributed by atoms with Gasteiger partial charge < -0.3 is 15.7 Å². The van der Waals surface area contributed by atoms with Gasteiger partial charge >= 0.3 is 0 Å². The summed E-state index contributed by atoms with van der Waals surface area (Å²) in [4.78, 5) is 12.2. The van der Waals surface area contributed by atoms with E-state index in [4.69, 9.17) is 0 Å². The van der Waals surface area contributed by atoms with Crippen LogP contribution in [0.1, 0.15) is 51.9 Å². The highest BCUT2D eigenvalue weighted by Crippen LogP contribution is 2.40. The summed E-state index contributed by atoms with van der Waals surface area (Å²) in [6.07, 6.45) is 7.49. The van der Waals surface area contributed by atoms with Crippen molar-refractivity contribution in [2.45, 2.75) is 57.9 Å². The summed E-state index contributed by atoms with van der Waals surface area (Å²) in [5.41, 5.74) is 0.170. The lowest BCUT2D eigenvalue weighted by Crippen LogP contribution is -2.45. The van der Waals surface area contributed by atoms with E-state index in [1.165, 1.54) is 12.8 Å². The summed E-state index contributed by atoms with van der Waals surface area (Å²) in [5.74, 6) is 0.390. The molecule has 0 bridgehead atoms. The number of hydrogen-bond acceptors (Lipinski definition) is 3. The second-order valence-electron chi connectivity index (χ2n) is 6.47. The first kappa shape index (κ1) is 17.7. The Balaban J connectivity index is 0.00000200. The number of hydrogen-bond donors (Lipinski definition) is 3. The van der Waals surface area contributed by atoms with Crippen LogP contribution in [0.15, 0.2) is 0 Å². The third kappa shape index (κ3) is 4.61. The smallest absolute Gasteiger partial charge is 0.223 e. The molecule has 1 aliphatic carbocycles. The molecule has 20 heavy (non-hydrogen) atoms. The molecule has 4 nitrogen and oxygen atoms in total. The number of carbonyl (C=O) groups excluding carboxylic acids is 1. The second kappa shape index (κ2) is 8.20. The van der Waals surface area contributed by atoms with Crippen molar-refractivity contribution >= 4 is 18.3 Å². The Morgan fingerprint density at radius 1 is 1.40 bits per heavy atom. The van der Waals surface area contributed by atoms with Crippen LogP contribution in [-0.2, 0) is 4.79 Å². The zero-order chi connectivity index (χ0) is 13.7. The Bertz CT molecular complexity index is 306. The van der Waals surface area contributed by atoms with Crippen LogP contribution in [-0.4, -0.2) is 36.8 Å². The average Bonchev–Trinajstić information content (AvgIpc) is 2.85. The highest BCUT2D eigenvalue weighted by atomic mass is 35.5. The molecule has 1 saturated heterocycles. The summed E-state index contributed by atoms with van der Waals surface area (Å²) in [6, 6.07) is 0.447. The number of carbonyl (C=O) groups is 1. The Kier molecular flexibility index (Phi) is 7.27. The topological polar surface area (TPSA) is 61.4 Å².